The van der Waals surface area contributed by atoms with Crippen LogP contribution in [-0.2, 0) is 32.6 Å². The summed E-state index contributed by atoms with van der Waals surface area (Å²) in [6.07, 6.45) is 1.68. The maximum Gasteiger partial charge on any atom is 0.271 e. The van der Waals surface area contributed by atoms with Gasteiger partial charge in [0.25, 0.3) is 5.69 Å². The summed E-state index contributed by atoms with van der Waals surface area (Å²) in [5.41, 5.74) is 0.886. The number of amides is 2. The maximum absolute atomic E-state index is 13.9. The average molecular weight is 571 g/mol. The Morgan fingerprint density at radius 2 is 1.68 bits per heavy atom. The summed E-state index contributed by atoms with van der Waals surface area (Å²) in [4.78, 5) is 39.2. The highest BCUT2D eigenvalue weighted by Crippen LogP contribution is 2.24. The number of benzene rings is 3. The minimum Gasteiger partial charge on any atom is -0.354 e. The molecule has 0 saturated heterocycles. The number of carbonyl (C=O) groups excluding carboxylic acids is 2. The molecule has 0 aliphatic carbocycles. The zero-order chi connectivity index (χ0) is 29.3. The van der Waals surface area contributed by atoms with Gasteiger partial charge in [0.1, 0.15) is 18.4 Å². The number of carbonyl (C=O) groups is 2. The Kier molecular flexibility index (Phi) is 10.3. The van der Waals surface area contributed by atoms with Crippen LogP contribution < -0.4 is 9.62 Å². The number of hydrogen-bond acceptors (Lipinski definition) is 6. The number of sulfonamides is 1. The largest absolute Gasteiger partial charge is 0.354 e. The molecule has 40 heavy (non-hydrogen) atoms. The molecular formula is C28H31FN4O6S. The fraction of sp³-hybridized carbons (Fsp3) is 0.286. The molecule has 0 aromatic heterocycles. The van der Waals surface area contributed by atoms with Crippen LogP contribution in [0.15, 0.2) is 78.9 Å². The van der Waals surface area contributed by atoms with Crippen molar-refractivity contribution in [3.63, 3.8) is 0 Å². The van der Waals surface area contributed by atoms with Crippen molar-refractivity contribution in [3.8, 4) is 0 Å². The molecule has 0 radical (unpaired) electrons. The van der Waals surface area contributed by atoms with E-state index in [2.05, 4.69) is 5.32 Å². The first-order valence-electron chi connectivity index (χ1n) is 12.6. The first-order valence-corrected chi connectivity index (χ1v) is 14.4. The van der Waals surface area contributed by atoms with Gasteiger partial charge in [0.15, 0.2) is 0 Å². The second kappa shape index (κ2) is 13.7. The van der Waals surface area contributed by atoms with E-state index in [4.69, 9.17) is 0 Å². The lowest BCUT2D eigenvalue weighted by Crippen LogP contribution is -2.53. The third-order valence-electron chi connectivity index (χ3n) is 6.09. The van der Waals surface area contributed by atoms with Crippen molar-refractivity contribution in [2.45, 2.75) is 32.4 Å². The van der Waals surface area contributed by atoms with Crippen molar-refractivity contribution in [3.05, 3.63) is 106 Å². The highest BCUT2D eigenvalue weighted by molar-refractivity contribution is 7.92. The molecule has 0 unspecified atom stereocenters. The van der Waals surface area contributed by atoms with Crippen molar-refractivity contribution in [2.75, 3.05) is 23.7 Å². The second-order valence-corrected chi connectivity index (χ2v) is 11.1. The predicted molar refractivity (Wildman–Crippen MR) is 149 cm³/mol. The van der Waals surface area contributed by atoms with E-state index >= 15 is 0 Å². The molecule has 0 fully saturated rings. The number of rotatable bonds is 13. The highest BCUT2D eigenvalue weighted by Gasteiger charge is 2.33. The molecule has 3 aromatic rings. The van der Waals surface area contributed by atoms with Crippen molar-refractivity contribution in [1.82, 2.24) is 10.2 Å². The maximum atomic E-state index is 13.9. The van der Waals surface area contributed by atoms with Crippen LogP contribution in [0.3, 0.4) is 0 Å². The second-order valence-electron chi connectivity index (χ2n) is 9.19. The lowest BCUT2D eigenvalue weighted by molar-refractivity contribution is -0.384. The summed E-state index contributed by atoms with van der Waals surface area (Å²) in [5.74, 6) is -1.62. The predicted octanol–water partition coefficient (Wildman–Crippen LogP) is 3.67. The molecule has 3 aromatic carbocycles. The molecule has 0 heterocycles. The highest BCUT2D eigenvalue weighted by atomic mass is 32.2. The van der Waals surface area contributed by atoms with Gasteiger partial charge in [-0.25, -0.2) is 12.8 Å². The van der Waals surface area contributed by atoms with Gasteiger partial charge in [-0.3, -0.25) is 24.0 Å². The number of anilines is 1. The molecule has 0 bridgehead atoms. The Balaban J connectivity index is 2.05. The Hall–Kier alpha value is -4.32. The molecular weight excluding hydrogens is 539 g/mol. The fourth-order valence-electron chi connectivity index (χ4n) is 4.08. The number of nitrogens with one attached hydrogen (secondary N) is 1. The standard InChI is InChI=1S/C28H31FN4O6S/c1-3-16-30-28(35)26(17-21-8-5-4-6-9-21)31(19-22-12-14-23(29)15-13-22)27(34)20-32(40(2,38)39)24-10-7-11-25(18-24)33(36)37/h4-15,18,26H,3,16-17,19-20H2,1-2H3,(H,30,35)/t26-/m0/s1. The summed E-state index contributed by atoms with van der Waals surface area (Å²) >= 11 is 0. The molecule has 10 nitrogen and oxygen atoms in total. The number of halogens is 1. The molecule has 0 aliphatic heterocycles. The van der Waals surface area contributed by atoms with Gasteiger partial charge in [-0.1, -0.05) is 55.5 Å². The fourth-order valence-corrected chi connectivity index (χ4v) is 4.92. The van der Waals surface area contributed by atoms with Crippen molar-refractivity contribution >= 4 is 33.2 Å². The summed E-state index contributed by atoms with van der Waals surface area (Å²) in [6.45, 7) is 1.43. The van der Waals surface area contributed by atoms with Crippen LogP contribution in [0, 0.1) is 15.9 Å². The van der Waals surface area contributed by atoms with E-state index in [0.29, 0.717) is 18.5 Å². The Morgan fingerprint density at radius 1 is 1.00 bits per heavy atom. The molecule has 12 heteroatoms. The number of hydrogen-bond donors (Lipinski definition) is 1. The monoisotopic (exact) mass is 570 g/mol. The lowest BCUT2D eigenvalue weighted by atomic mass is 10.0. The summed E-state index contributed by atoms with van der Waals surface area (Å²) in [5, 5.41) is 14.1. The Bertz CT molecular complexity index is 1430. The van der Waals surface area contributed by atoms with Crippen LogP contribution in [-0.4, -0.2) is 55.4 Å². The van der Waals surface area contributed by atoms with Gasteiger partial charge in [-0.15, -0.1) is 0 Å². The minimum absolute atomic E-state index is 0.0678. The van der Waals surface area contributed by atoms with Gasteiger partial charge >= 0.3 is 0 Å². The molecule has 3 rings (SSSR count). The zero-order valence-corrected chi connectivity index (χ0v) is 23.0. The van der Waals surface area contributed by atoms with E-state index in [1.165, 1.54) is 47.4 Å². The molecule has 212 valence electrons. The van der Waals surface area contributed by atoms with Gasteiger partial charge in [0, 0.05) is 31.6 Å². The van der Waals surface area contributed by atoms with E-state index in [9.17, 15) is 32.5 Å². The third-order valence-corrected chi connectivity index (χ3v) is 7.23. The summed E-state index contributed by atoms with van der Waals surface area (Å²) in [7, 11) is -4.07. The molecule has 0 saturated carbocycles. The smallest absolute Gasteiger partial charge is 0.271 e. The van der Waals surface area contributed by atoms with Crippen LogP contribution >= 0.6 is 0 Å². The van der Waals surface area contributed by atoms with Crippen LogP contribution in [0.25, 0.3) is 0 Å². The van der Waals surface area contributed by atoms with Crippen LogP contribution in [0.5, 0.6) is 0 Å². The molecule has 0 aliphatic rings. The quantitative estimate of drug-likeness (QED) is 0.247. The zero-order valence-electron chi connectivity index (χ0n) is 22.2. The third kappa shape index (κ3) is 8.34. The van der Waals surface area contributed by atoms with Crippen LogP contribution in [0.2, 0.25) is 0 Å². The van der Waals surface area contributed by atoms with Gasteiger partial charge in [0.2, 0.25) is 21.8 Å². The number of nitro groups is 1. The normalized spacial score (nSPS) is 11.9. The topological polar surface area (TPSA) is 130 Å². The van der Waals surface area contributed by atoms with Crippen molar-refractivity contribution in [1.29, 1.82) is 0 Å². The van der Waals surface area contributed by atoms with Crippen LogP contribution in [0.1, 0.15) is 24.5 Å². The average Bonchev–Trinajstić information content (AvgIpc) is 2.93. The van der Waals surface area contributed by atoms with Gasteiger partial charge in [0.05, 0.1) is 16.9 Å². The van der Waals surface area contributed by atoms with E-state index in [0.717, 1.165) is 22.2 Å². The summed E-state index contributed by atoms with van der Waals surface area (Å²) in [6, 6.07) is 18.4. The minimum atomic E-state index is -4.07. The van der Waals surface area contributed by atoms with E-state index in [1.54, 1.807) is 12.1 Å². The first-order chi connectivity index (χ1) is 19.0. The Morgan fingerprint density at radius 3 is 2.27 bits per heavy atom. The van der Waals surface area contributed by atoms with E-state index in [-0.39, 0.29) is 24.3 Å². The number of nitrogens with zero attached hydrogens (tertiary/aromatic N) is 3. The van der Waals surface area contributed by atoms with Crippen molar-refractivity contribution in [2.24, 2.45) is 0 Å². The molecule has 1 atom stereocenters. The van der Waals surface area contributed by atoms with E-state index < -0.39 is 45.2 Å². The van der Waals surface area contributed by atoms with Crippen molar-refractivity contribution < 1.29 is 27.3 Å². The number of non-ortho nitro benzene ring substituents is 1. The SMILES string of the molecule is CCCNC(=O)[C@H](Cc1ccccc1)N(Cc1ccc(F)cc1)C(=O)CN(c1cccc([N+](=O)[O-])c1)S(C)(=O)=O. The molecule has 1 N–H and O–H groups in total. The number of nitro benzene ring substituents is 1. The Labute approximate surface area is 232 Å². The van der Waals surface area contributed by atoms with Gasteiger partial charge < -0.3 is 10.2 Å². The summed E-state index contributed by atoms with van der Waals surface area (Å²) < 4.78 is 39.9. The van der Waals surface area contributed by atoms with E-state index in [1.807, 2.05) is 25.1 Å². The van der Waals surface area contributed by atoms with Gasteiger partial charge in [-0.05, 0) is 35.7 Å². The lowest BCUT2D eigenvalue weighted by Gasteiger charge is -2.33. The van der Waals surface area contributed by atoms with Crippen LogP contribution in [0.4, 0.5) is 15.8 Å². The van der Waals surface area contributed by atoms with Gasteiger partial charge in [-0.2, -0.15) is 0 Å². The first kappa shape index (κ1) is 30.2. The molecule has 0 spiro atoms. The molecule has 2 amide bonds.